The van der Waals surface area contributed by atoms with Crippen LogP contribution in [0.4, 0.5) is 0 Å². The highest BCUT2D eigenvalue weighted by Gasteiger charge is 2.18. The average Bonchev–Trinajstić information content (AvgIpc) is 2.70. The lowest BCUT2D eigenvalue weighted by Gasteiger charge is -2.13. The van der Waals surface area contributed by atoms with Gasteiger partial charge >= 0.3 is 0 Å². The van der Waals surface area contributed by atoms with Gasteiger partial charge in [-0.2, -0.15) is 0 Å². The fourth-order valence-electron chi connectivity index (χ4n) is 1.59. The number of hydrogen-bond donors (Lipinski definition) is 3. The van der Waals surface area contributed by atoms with E-state index >= 15 is 0 Å². The van der Waals surface area contributed by atoms with Crippen LogP contribution < -0.4 is 11.3 Å². The van der Waals surface area contributed by atoms with E-state index < -0.39 is 0 Å². The molecule has 4 N–H and O–H groups in total. The van der Waals surface area contributed by atoms with E-state index in [1.54, 1.807) is 12.1 Å². The second kappa shape index (κ2) is 3.85. The lowest BCUT2D eigenvalue weighted by Crippen LogP contribution is -2.29. The fourth-order valence-corrected chi connectivity index (χ4v) is 1.59. The minimum Gasteiger partial charge on any atom is -0.342 e. The standard InChI is InChI=1S/C12H16N4O/c1-12(2,3)11-14-8-5-4-7(10(17)16-13)6-9(8)15-11/h4-6H,13H2,1-3H3,(H,14,15)(H,16,17). The minimum atomic E-state index is -0.313. The van der Waals surface area contributed by atoms with Gasteiger partial charge in [0.25, 0.3) is 5.91 Å². The maximum Gasteiger partial charge on any atom is 0.265 e. The number of nitrogen functional groups attached to an aromatic ring is 1. The zero-order chi connectivity index (χ0) is 12.6. The van der Waals surface area contributed by atoms with Crippen molar-refractivity contribution < 1.29 is 4.79 Å². The molecule has 2 rings (SSSR count). The number of nitrogens with one attached hydrogen (secondary N) is 2. The molecule has 17 heavy (non-hydrogen) atoms. The Labute approximate surface area is 99.4 Å². The van der Waals surface area contributed by atoms with E-state index in [0.717, 1.165) is 16.9 Å². The zero-order valence-electron chi connectivity index (χ0n) is 10.2. The Balaban J connectivity index is 2.52. The van der Waals surface area contributed by atoms with Gasteiger partial charge in [0.15, 0.2) is 0 Å². The summed E-state index contributed by atoms with van der Waals surface area (Å²) in [5.41, 5.74) is 4.26. The van der Waals surface area contributed by atoms with Crippen molar-refractivity contribution in [1.29, 1.82) is 0 Å². The molecule has 0 saturated heterocycles. The van der Waals surface area contributed by atoms with Crippen LogP contribution in [0.2, 0.25) is 0 Å². The van der Waals surface area contributed by atoms with Crippen molar-refractivity contribution in [3.05, 3.63) is 29.6 Å². The Kier molecular flexibility index (Phi) is 2.63. The smallest absolute Gasteiger partial charge is 0.265 e. The van der Waals surface area contributed by atoms with E-state index in [-0.39, 0.29) is 11.3 Å². The third-order valence-electron chi connectivity index (χ3n) is 2.59. The SMILES string of the molecule is CC(C)(C)c1nc2cc(C(=O)NN)ccc2[nH]1. The van der Waals surface area contributed by atoms with Crippen LogP contribution in [0.5, 0.6) is 0 Å². The van der Waals surface area contributed by atoms with Crippen LogP contribution in [0.3, 0.4) is 0 Å². The molecule has 0 saturated carbocycles. The monoisotopic (exact) mass is 232 g/mol. The number of carbonyl (C=O) groups excluding carboxylic acids is 1. The zero-order valence-corrected chi connectivity index (χ0v) is 10.2. The molecule has 5 heteroatoms. The van der Waals surface area contributed by atoms with Gasteiger partial charge < -0.3 is 4.98 Å². The topological polar surface area (TPSA) is 83.8 Å². The van der Waals surface area contributed by atoms with Crippen molar-refractivity contribution in [1.82, 2.24) is 15.4 Å². The van der Waals surface area contributed by atoms with Crippen LogP contribution >= 0.6 is 0 Å². The second-order valence-electron chi connectivity index (χ2n) is 5.04. The van der Waals surface area contributed by atoms with Crippen LogP contribution in [0.25, 0.3) is 11.0 Å². The van der Waals surface area contributed by atoms with Gasteiger partial charge in [-0.25, -0.2) is 10.8 Å². The van der Waals surface area contributed by atoms with E-state index in [2.05, 4.69) is 36.2 Å². The Hall–Kier alpha value is -1.88. The molecular weight excluding hydrogens is 216 g/mol. The molecule has 5 nitrogen and oxygen atoms in total. The first-order valence-corrected chi connectivity index (χ1v) is 5.43. The Bertz CT molecular complexity index is 565. The predicted molar refractivity (Wildman–Crippen MR) is 66.4 cm³/mol. The average molecular weight is 232 g/mol. The van der Waals surface area contributed by atoms with Crippen molar-refractivity contribution in [2.45, 2.75) is 26.2 Å². The highest BCUT2D eigenvalue weighted by Crippen LogP contribution is 2.22. The number of fused-ring (bicyclic) bond motifs is 1. The van der Waals surface area contributed by atoms with Crippen molar-refractivity contribution >= 4 is 16.9 Å². The molecule has 1 aromatic carbocycles. The minimum absolute atomic E-state index is 0.0463. The van der Waals surface area contributed by atoms with Gasteiger partial charge in [0.05, 0.1) is 11.0 Å². The van der Waals surface area contributed by atoms with Crippen LogP contribution in [-0.4, -0.2) is 15.9 Å². The predicted octanol–water partition coefficient (Wildman–Crippen LogP) is 1.46. The number of imidazole rings is 1. The van der Waals surface area contributed by atoms with E-state index in [4.69, 9.17) is 5.84 Å². The van der Waals surface area contributed by atoms with Gasteiger partial charge in [0, 0.05) is 11.0 Å². The number of H-pyrrole nitrogens is 1. The molecule has 0 fully saturated rings. The number of aromatic nitrogens is 2. The summed E-state index contributed by atoms with van der Waals surface area (Å²) in [5, 5.41) is 0. The van der Waals surface area contributed by atoms with Crippen LogP contribution in [0.1, 0.15) is 37.0 Å². The number of nitrogens with zero attached hydrogens (tertiary/aromatic N) is 1. The van der Waals surface area contributed by atoms with Gasteiger partial charge in [-0.05, 0) is 18.2 Å². The quantitative estimate of drug-likeness (QED) is 0.395. The lowest BCUT2D eigenvalue weighted by molar-refractivity contribution is 0.0954. The number of carbonyl (C=O) groups is 1. The number of hydrazine groups is 1. The van der Waals surface area contributed by atoms with Gasteiger partial charge in [0.1, 0.15) is 5.82 Å². The third-order valence-corrected chi connectivity index (χ3v) is 2.59. The van der Waals surface area contributed by atoms with E-state index in [1.165, 1.54) is 0 Å². The lowest BCUT2D eigenvalue weighted by atomic mass is 9.96. The number of hydrogen-bond acceptors (Lipinski definition) is 3. The first-order valence-electron chi connectivity index (χ1n) is 5.43. The highest BCUT2D eigenvalue weighted by atomic mass is 16.2. The molecular formula is C12H16N4O. The van der Waals surface area contributed by atoms with Gasteiger partial charge in [-0.15, -0.1) is 0 Å². The molecule has 0 aliphatic rings. The first-order chi connectivity index (χ1) is 7.91. The molecule has 0 bridgehead atoms. The fraction of sp³-hybridized carbons (Fsp3) is 0.333. The third kappa shape index (κ3) is 2.14. The van der Waals surface area contributed by atoms with E-state index in [0.29, 0.717) is 5.56 Å². The summed E-state index contributed by atoms with van der Waals surface area (Å²) in [6.45, 7) is 6.24. The number of amides is 1. The molecule has 0 aliphatic heterocycles. The molecule has 90 valence electrons. The second-order valence-corrected chi connectivity index (χ2v) is 5.04. The molecule has 0 atom stereocenters. The summed E-state index contributed by atoms with van der Waals surface area (Å²) < 4.78 is 0. The number of rotatable bonds is 1. The summed E-state index contributed by atoms with van der Waals surface area (Å²) in [4.78, 5) is 19.1. The molecule has 1 aromatic heterocycles. The van der Waals surface area contributed by atoms with Crippen LogP contribution in [0.15, 0.2) is 18.2 Å². The number of nitrogens with two attached hydrogens (primary N) is 1. The highest BCUT2D eigenvalue weighted by molar-refractivity contribution is 5.96. The van der Waals surface area contributed by atoms with Crippen molar-refractivity contribution in [2.24, 2.45) is 5.84 Å². The van der Waals surface area contributed by atoms with Crippen molar-refractivity contribution in [3.63, 3.8) is 0 Å². The summed E-state index contributed by atoms with van der Waals surface area (Å²) in [5.74, 6) is 5.68. The molecule has 0 unspecified atom stereocenters. The first kappa shape index (κ1) is 11.6. The van der Waals surface area contributed by atoms with Gasteiger partial charge in [-0.3, -0.25) is 10.2 Å². The molecule has 1 amide bonds. The maximum atomic E-state index is 11.4. The Morgan fingerprint density at radius 1 is 1.41 bits per heavy atom. The van der Waals surface area contributed by atoms with E-state index in [9.17, 15) is 4.79 Å². The summed E-state index contributed by atoms with van der Waals surface area (Å²) >= 11 is 0. The number of aromatic amines is 1. The molecule has 1 heterocycles. The molecule has 2 aromatic rings. The van der Waals surface area contributed by atoms with Crippen LogP contribution in [-0.2, 0) is 5.41 Å². The largest absolute Gasteiger partial charge is 0.342 e. The summed E-state index contributed by atoms with van der Waals surface area (Å²) in [7, 11) is 0. The van der Waals surface area contributed by atoms with Gasteiger partial charge in [0.2, 0.25) is 0 Å². The summed E-state index contributed by atoms with van der Waals surface area (Å²) in [6.07, 6.45) is 0. The molecule has 0 spiro atoms. The van der Waals surface area contributed by atoms with Crippen molar-refractivity contribution in [2.75, 3.05) is 0 Å². The maximum absolute atomic E-state index is 11.4. The Morgan fingerprint density at radius 3 is 2.71 bits per heavy atom. The summed E-state index contributed by atoms with van der Waals surface area (Å²) in [6, 6.07) is 5.28. The molecule has 0 aliphatic carbocycles. The Morgan fingerprint density at radius 2 is 2.12 bits per heavy atom. The van der Waals surface area contributed by atoms with Crippen molar-refractivity contribution in [3.8, 4) is 0 Å². The molecule has 0 radical (unpaired) electrons. The van der Waals surface area contributed by atoms with E-state index in [1.807, 2.05) is 6.07 Å². The van der Waals surface area contributed by atoms with Crippen LogP contribution in [0, 0.1) is 0 Å². The normalized spacial score (nSPS) is 11.8. The number of benzene rings is 1. The van der Waals surface area contributed by atoms with Gasteiger partial charge in [-0.1, -0.05) is 20.8 Å².